The highest BCUT2D eigenvalue weighted by molar-refractivity contribution is 7.10. The average molecular weight is 655 g/mol. The van der Waals surface area contributed by atoms with Gasteiger partial charge in [-0.1, -0.05) is 172 Å². The highest BCUT2D eigenvalue weighted by atomic mass is 15.2. The first-order valence-corrected chi connectivity index (χ1v) is 18.0. The van der Waals surface area contributed by atoms with E-state index in [1.54, 1.807) is 0 Å². The monoisotopic (exact) mass is 654 g/mol. The van der Waals surface area contributed by atoms with E-state index in [-0.39, 0.29) is 10.8 Å². The van der Waals surface area contributed by atoms with Crippen LogP contribution in [-0.2, 0) is 10.8 Å². The minimum Gasteiger partial charge on any atom is -0.367 e. The molecule has 0 aromatic heterocycles. The normalized spacial score (nSPS) is 17.7. The Balaban J connectivity index is 0.000000187. The van der Waals surface area contributed by atoms with Gasteiger partial charge in [0.05, 0.1) is 17.6 Å². The maximum Gasteiger partial charge on any atom is 0.209 e. The number of nitrogens with zero attached hydrogens (tertiary/aromatic N) is 2. The number of anilines is 1. The molecule has 7 rings (SSSR count). The summed E-state index contributed by atoms with van der Waals surface area (Å²) in [5.41, 5.74) is 11.0. The van der Waals surface area contributed by atoms with E-state index in [0.29, 0.717) is 6.04 Å². The molecule has 0 amide bonds. The van der Waals surface area contributed by atoms with Gasteiger partial charge in [0.15, 0.2) is 5.71 Å². The molecule has 50 heavy (non-hydrogen) atoms. The van der Waals surface area contributed by atoms with Crippen LogP contribution in [0.3, 0.4) is 0 Å². The van der Waals surface area contributed by atoms with E-state index in [0.717, 1.165) is 0 Å². The molecule has 3 heteroatoms. The van der Waals surface area contributed by atoms with Gasteiger partial charge in [-0.05, 0) is 25.5 Å². The second-order valence-electron chi connectivity index (χ2n) is 15.0. The third-order valence-corrected chi connectivity index (χ3v) is 11.4. The first-order chi connectivity index (χ1) is 24.1. The van der Waals surface area contributed by atoms with Gasteiger partial charge >= 0.3 is 0 Å². The molecule has 0 radical (unpaired) electrons. The molecule has 0 fully saturated rings. The van der Waals surface area contributed by atoms with Crippen LogP contribution in [0, 0.1) is 0 Å². The largest absolute Gasteiger partial charge is 0.367 e. The van der Waals surface area contributed by atoms with E-state index >= 15 is 0 Å². The van der Waals surface area contributed by atoms with Gasteiger partial charge < -0.3 is 4.90 Å². The van der Waals surface area contributed by atoms with Gasteiger partial charge in [-0.2, -0.15) is 11.4 Å². The molecule has 5 aromatic rings. The topological polar surface area (TPSA) is 6.25 Å². The molecule has 2 aliphatic heterocycles. The quantitative estimate of drug-likeness (QED) is 0.0965. The Morgan fingerprint density at radius 3 is 1.56 bits per heavy atom. The Morgan fingerprint density at radius 2 is 1.04 bits per heavy atom. The Labute approximate surface area is 300 Å². The van der Waals surface area contributed by atoms with Gasteiger partial charge in [-0.25, -0.2) is 16.4 Å². The molecule has 0 saturated heterocycles. The van der Waals surface area contributed by atoms with Gasteiger partial charge in [0.25, 0.3) is 0 Å². The van der Waals surface area contributed by atoms with E-state index in [4.69, 9.17) is 0 Å². The molecule has 2 aliphatic rings. The van der Waals surface area contributed by atoms with Crippen molar-refractivity contribution in [1.82, 2.24) is 0 Å². The first-order valence-electron chi connectivity index (χ1n) is 18.0. The zero-order chi connectivity index (χ0) is 35.4. The second kappa shape index (κ2) is 14.4. The molecule has 252 valence electrons. The predicted molar refractivity (Wildman–Crippen MR) is 219 cm³/mol. The number of para-hydroxylation sites is 2. The maximum absolute atomic E-state index is 2.39. The van der Waals surface area contributed by atoms with Gasteiger partial charge in [-0.3, -0.25) is 0 Å². The number of hydrogen-bond donors (Lipinski definition) is 0. The molecule has 1 unspecified atom stereocenters. The fourth-order valence-corrected chi connectivity index (χ4v) is 8.33. The highest BCUT2D eigenvalue weighted by Gasteiger charge is 2.43. The van der Waals surface area contributed by atoms with E-state index < -0.39 is 6.15 Å². The molecule has 0 aliphatic carbocycles. The maximum atomic E-state index is 2.39. The minimum atomic E-state index is -0.912. The molecule has 1 atom stereocenters. The molecule has 0 saturated carbocycles. The van der Waals surface area contributed by atoms with Gasteiger partial charge in [0, 0.05) is 35.9 Å². The molecule has 2 nitrogen and oxygen atoms in total. The van der Waals surface area contributed by atoms with Crippen LogP contribution < -0.4 is 21.3 Å². The lowest BCUT2D eigenvalue weighted by Crippen LogP contribution is -2.64. The summed E-state index contributed by atoms with van der Waals surface area (Å²) in [6.07, 6.45) is 12.3. The first kappa shape index (κ1) is 34.7. The molecule has 0 N–H and O–H groups in total. The van der Waals surface area contributed by atoms with Crippen LogP contribution in [0.2, 0.25) is 6.82 Å². The zero-order valence-electron chi connectivity index (χ0n) is 30.8. The van der Waals surface area contributed by atoms with E-state index in [2.05, 4.69) is 234 Å². The summed E-state index contributed by atoms with van der Waals surface area (Å²) in [6, 6.07) is 50.2. The van der Waals surface area contributed by atoms with E-state index in [9.17, 15) is 0 Å². The predicted octanol–water partition coefficient (Wildman–Crippen LogP) is 8.94. The summed E-state index contributed by atoms with van der Waals surface area (Å²) in [6.45, 7) is 11.6. The fraction of sp³-hybridized carbons (Fsp3) is 0.213. The zero-order valence-corrected chi connectivity index (χ0v) is 30.8. The molecule has 2 heterocycles. The van der Waals surface area contributed by atoms with Gasteiger partial charge in [0.1, 0.15) is 7.05 Å². The Morgan fingerprint density at radius 1 is 0.580 bits per heavy atom. The van der Waals surface area contributed by atoms with Crippen LogP contribution in [-0.4, -0.2) is 36.6 Å². The second-order valence-corrected chi connectivity index (χ2v) is 15.0. The Kier molecular flexibility index (Phi) is 9.98. The molecule has 0 spiro atoms. The summed E-state index contributed by atoms with van der Waals surface area (Å²) in [4.78, 5) is 2.39. The number of allylic oxidation sites excluding steroid dienone is 5. The van der Waals surface area contributed by atoms with Gasteiger partial charge in [0.2, 0.25) is 5.69 Å². The van der Waals surface area contributed by atoms with Crippen molar-refractivity contribution in [1.29, 1.82) is 0 Å². The standard InChI is InChI=1S/C28H33N2.C19H18B/c1-27(2)21-15-11-13-17-23(21)29(5)25(27)19-9-7-8-10-20-26-28(3,4)22-16-12-14-18-24(22)30(26)6;1-20(17-11-5-2-6-12-17,18-13-7-3-8-14-18)19-15-9-4-10-16-19/h7-20,25H,1-6H3;2-16H,1H3/q+1;-1/b8-7+,19-9+,20-10+;. The Bertz CT molecular complexity index is 1940. The smallest absolute Gasteiger partial charge is 0.209 e. The van der Waals surface area contributed by atoms with Crippen LogP contribution in [0.25, 0.3) is 0 Å². The van der Waals surface area contributed by atoms with Crippen LogP contribution in [0.1, 0.15) is 38.8 Å². The number of likely N-dealkylation sites (N-methyl/N-ethyl adjacent to an activating group) is 1. The highest BCUT2D eigenvalue weighted by Crippen LogP contribution is 2.44. The molecule has 5 aromatic carbocycles. The van der Waals surface area contributed by atoms with Crippen molar-refractivity contribution >= 4 is 39.6 Å². The van der Waals surface area contributed by atoms with Crippen molar-refractivity contribution in [2.75, 3.05) is 19.0 Å². The van der Waals surface area contributed by atoms with E-state index in [1.165, 1.54) is 44.6 Å². The Hall–Kier alpha value is -5.15. The van der Waals surface area contributed by atoms with Crippen LogP contribution >= 0.6 is 0 Å². The van der Waals surface area contributed by atoms with E-state index in [1.807, 2.05) is 0 Å². The summed E-state index contributed by atoms with van der Waals surface area (Å²) in [5, 5.41) is 0. The van der Waals surface area contributed by atoms with Crippen molar-refractivity contribution in [3.63, 3.8) is 0 Å². The minimum absolute atomic E-state index is 0.0217. The summed E-state index contributed by atoms with van der Waals surface area (Å²) in [7, 11) is 4.35. The van der Waals surface area contributed by atoms with Crippen LogP contribution in [0.5, 0.6) is 0 Å². The molecule has 0 bridgehead atoms. The lowest BCUT2D eigenvalue weighted by molar-refractivity contribution is -0.401. The fourth-order valence-electron chi connectivity index (χ4n) is 8.33. The lowest BCUT2D eigenvalue weighted by atomic mass is 9.17. The number of rotatable bonds is 7. The SMILES string of the molecule is CN1c2ccccc2C(C)(C)C1/C=C/C=C/C=C/C1=[N+](C)c2ccccc2C1(C)C.C[B-](c1ccccc1)(c1ccccc1)c1ccccc1. The van der Waals surface area contributed by atoms with Crippen molar-refractivity contribution in [3.05, 3.63) is 187 Å². The number of benzene rings is 5. The molecular formula is C47H51BN2. The van der Waals surface area contributed by atoms with Crippen molar-refractivity contribution in [3.8, 4) is 0 Å². The third-order valence-electron chi connectivity index (χ3n) is 11.4. The van der Waals surface area contributed by atoms with Crippen molar-refractivity contribution in [2.45, 2.75) is 51.4 Å². The summed E-state index contributed by atoms with van der Waals surface area (Å²) < 4.78 is 2.31. The van der Waals surface area contributed by atoms with Gasteiger partial charge in [-0.15, -0.1) is 0 Å². The van der Waals surface area contributed by atoms with Crippen LogP contribution in [0.4, 0.5) is 11.4 Å². The summed E-state index contributed by atoms with van der Waals surface area (Å²) in [5.74, 6) is 0. The number of fused-ring (bicyclic) bond motifs is 2. The van der Waals surface area contributed by atoms with Crippen molar-refractivity contribution < 1.29 is 4.58 Å². The average Bonchev–Trinajstić information content (AvgIpc) is 3.47. The third kappa shape index (κ3) is 6.45. The summed E-state index contributed by atoms with van der Waals surface area (Å²) >= 11 is 0. The number of hydrogen-bond acceptors (Lipinski definition) is 1. The van der Waals surface area contributed by atoms with Crippen molar-refractivity contribution in [2.24, 2.45) is 0 Å². The lowest BCUT2D eigenvalue weighted by Gasteiger charge is -2.39. The molecular weight excluding hydrogens is 603 g/mol. The van der Waals surface area contributed by atoms with Crippen LogP contribution in [0.15, 0.2) is 176 Å².